The molecule has 49 heavy (non-hydrogen) atoms. The van der Waals surface area contributed by atoms with E-state index in [9.17, 15) is 19.8 Å². The molecule has 0 bridgehead atoms. The van der Waals surface area contributed by atoms with Gasteiger partial charge in [0.15, 0.2) is 0 Å². The lowest BCUT2D eigenvalue weighted by atomic mass is 10.0. The molecule has 0 aliphatic carbocycles. The molecule has 6 nitrogen and oxygen atoms in total. The Balaban J connectivity index is 3.60. The summed E-state index contributed by atoms with van der Waals surface area (Å²) in [7, 11) is 0. The van der Waals surface area contributed by atoms with Crippen molar-refractivity contribution in [1.29, 1.82) is 0 Å². The molecule has 0 fully saturated rings. The molecule has 0 saturated carbocycles. The lowest BCUT2D eigenvalue weighted by molar-refractivity contribution is -0.152. The average Bonchev–Trinajstić information content (AvgIpc) is 3.09. The standard InChI is InChI=1S/C43H76O6/c1-3-5-7-9-11-13-15-17-18-19-20-22-24-26-28-30-32-36-42(46)48-38-41(45)39-49-43(47)37-33-35-40(44)34-31-29-27-25-23-21-16-14-12-10-8-6-4-2/h12,14,21,23,27,29,31,34,40-41,44-45H,3-11,13,15-20,22,24-26,28,30,32-33,35-39H2,1-2H3/b14-12-,23-21-,29-27-,34-31+/t40-,41+/m1/s1. The van der Waals surface area contributed by atoms with Gasteiger partial charge in [0, 0.05) is 12.8 Å². The minimum atomic E-state index is -1.04. The van der Waals surface area contributed by atoms with Crippen LogP contribution in [0, 0.1) is 0 Å². The van der Waals surface area contributed by atoms with Crippen molar-refractivity contribution in [2.24, 2.45) is 0 Å². The molecule has 0 aromatic heterocycles. The summed E-state index contributed by atoms with van der Waals surface area (Å²) in [6.45, 7) is 4.11. The minimum Gasteiger partial charge on any atom is -0.463 e. The van der Waals surface area contributed by atoms with Gasteiger partial charge in [0.1, 0.15) is 19.3 Å². The van der Waals surface area contributed by atoms with Crippen molar-refractivity contribution in [1.82, 2.24) is 0 Å². The third-order valence-electron chi connectivity index (χ3n) is 8.67. The van der Waals surface area contributed by atoms with E-state index in [0.717, 1.165) is 38.5 Å². The molecule has 0 aliphatic heterocycles. The van der Waals surface area contributed by atoms with Crippen LogP contribution in [0.25, 0.3) is 0 Å². The third-order valence-corrected chi connectivity index (χ3v) is 8.67. The first kappa shape index (κ1) is 46.8. The molecule has 0 unspecified atom stereocenters. The highest BCUT2D eigenvalue weighted by Gasteiger charge is 2.12. The highest BCUT2D eigenvalue weighted by atomic mass is 16.6. The summed E-state index contributed by atoms with van der Waals surface area (Å²) >= 11 is 0. The topological polar surface area (TPSA) is 93.1 Å². The molecule has 0 rings (SSSR count). The average molecular weight is 689 g/mol. The summed E-state index contributed by atoms with van der Waals surface area (Å²) in [6.07, 6.45) is 44.8. The highest BCUT2D eigenvalue weighted by Crippen LogP contribution is 2.14. The van der Waals surface area contributed by atoms with Crippen molar-refractivity contribution in [3.63, 3.8) is 0 Å². The number of unbranched alkanes of at least 4 members (excludes halogenated alkanes) is 19. The van der Waals surface area contributed by atoms with E-state index in [-0.39, 0.29) is 25.6 Å². The zero-order chi connectivity index (χ0) is 35.9. The molecule has 0 saturated heterocycles. The van der Waals surface area contributed by atoms with Crippen LogP contribution in [0.2, 0.25) is 0 Å². The van der Waals surface area contributed by atoms with Gasteiger partial charge >= 0.3 is 11.9 Å². The van der Waals surface area contributed by atoms with Gasteiger partial charge < -0.3 is 19.7 Å². The fraction of sp³-hybridized carbons (Fsp3) is 0.767. The van der Waals surface area contributed by atoms with Gasteiger partial charge in [-0.25, -0.2) is 0 Å². The Labute approximate surface area is 301 Å². The van der Waals surface area contributed by atoms with Crippen molar-refractivity contribution in [3.05, 3.63) is 48.6 Å². The quantitative estimate of drug-likeness (QED) is 0.0294. The summed E-state index contributed by atoms with van der Waals surface area (Å²) in [5, 5.41) is 20.1. The van der Waals surface area contributed by atoms with E-state index < -0.39 is 18.2 Å². The van der Waals surface area contributed by atoms with E-state index in [1.54, 1.807) is 6.08 Å². The molecule has 2 N–H and O–H groups in total. The van der Waals surface area contributed by atoms with Crippen LogP contribution in [0.15, 0.2) is 48.6 Å². The van der Waals surface area contributed by atoms with E-state index in [4.69, 9.17) is 9.47 Å². The Kier molecular flexibility index (Phi) is 36.9. The Hall–Kier alpha value is -2.18. The first-order chi connectivity index (χ1) is 24.0. The fourth-order valence-electron chi connectivity index (χ4n) is 5.54. The number of allylic oxidation sites excluding steroid dienone is 7. The van der Waals surface area contributed by atoms with Gasteiger partial charge in [0.05, 0.1) is 6.10 Å². The first-order valence-corrected chi connectivity index (χ1v) is 20.3. The van der Waals surface area contributed by atoms with Crippen LogP contribution in [0.4, 0.5) is 0 Å². The monoisotopic (exact) mass is 689 g/mol. The number of carbonyl (C=O) groups excluding carboxylic acids is 2. The smallest absolute Gasteiger partial charge is 0.305 e. The number of hydrogen-bond donors (Lipinski definition) is 2. The number of hydrogen-bond acceptors (Lipinski definition) is 6. The van der Waals surface area contributed by atoms with E-state index in [1.807, 2.05) is 18.2 Å². The number of ether oxygens (including phenoxy) is 2. The van der Waals surface area contributed by atoms with Crippen molar-refractivity contribution >= 4 is 11.9 Å². The molecule has 0 aromatic rings. The lowest BCUT2D eigenvalue weighted by Gasteiger charge is -2.12. The van der Waals surface area contributed by atoms with Crippen LogP contribution in [-0.2, 0) is 19.1 Å². The Morgan fingerprint density at radius 3 is 1.47 bits per heavy atom. The largest absolute Gasteiger partial charge is 0.463 e. The van der Waals surface area contributed by atoms with Crippen LogP contribution in [-0.4, -0.2) is 47.6 Å². The Morgan fingerprint density at radius 2 is 0.939 bits per heavy atom. The Bertz CT molecular complexity index is 845. The SMILES string of the molecule is CCCCC/C=C\C/C=C\C/C=C\C=C\[C@@H](O)CCCC(=O)OC[C@@H](O)COC(=O)CCCCCCCCCCCCCCCCCCC. The second-order valence-corrected chi connectivity index (χ2v) is 13.6. The second kappa shape index (κ2) is 38.6. The van der Waals surface area contributed by atoms with Gasteiger partial charge in [-0.3, -0.25) is 9.59 Å². The molecular weight excluding hydrogens is 612 g/mol. The minimum absolute atomic E-state index is 0.157. The summed E-state index contributed by atoms with van der Waals surface area (Å²) in [5.74, 6) is -0.756. The number of carbonyl (C=O) groups is 2. The number of esters is 2. The van der Waals surface area contributed by atoms with Crippen molar-refractivity contribution in [2.45, 2.75) is 199 Å². The third kappa shape index (κ3) is 38.5. The highest BCUT2D eigenvalue weighted by molar-refractivity contribution is 5.69. The summed E-state index contributed by atoms with van der Waals surface area (Å²) in [6, 6.07) is 0. The molecular formula is C43H76O6. The van der Waals surface area contributed by atoms with Gasteiger partial charge in [-0.2, -0.15) is 0 Å². The zero-order valence-corrected chi connectivity index (χ0v) is 31.8. The molecule has 0 heterocycles. The van der Waals surface area contributed by atoms with E-state index in [1.165, 1.54) is 109 Å². The van der Waals surface area contributed by atoms with Crippen molar-refractivity contribution < 1.29 is 29.3 Å². The zero-order valence-electron chi connectivity index (χ0n) is 31.8. The van der Waals surface area contributed by atoms with E-state index in [2.05, 4.69) is 38.2 Å². The van der Waals surface area contributed by atoms with Gasteiger partial charge in [-0.15, -0.1) is 0 Å². The molecule has 6 heteroatoms. The normalized spacial score (nSPS) is 13.3. The number of aliphatic hydroxyl groups excluding tert-OH is 2. The van der Waals surface area contributed by atoms with E-state index >= 15 is 0 Å². The maximum absolute atomic E-state index is 12.0. The predicted octanol–water partition coefficient (Wildman–Crippen LogP) is 11.6. The summed E-state index contributed by atoms with van der Waals surface area (Å²) in [5.41, 5.74) is 0. The molecule has 2 atom stereocenters. The molecule has 0 aromatic carbocycles. The van der Waals surface area contributed by atoms with Crippen LogP contribution < -0.4 is 0 Å². The van der Waals surface area contributed by atoms with Gasteiger partial charge in [0.25, 0.3) is 0 Å². The maximum atomic E-state index is 12.0. The first-order valence-electron chi connectivity index (χ1n) is 20.3. The maximum Gasteiger partial charge on any atom is 0.305 e. The van der Waals surface area contributed by atoms with Gasteiger partial charge in [-0.1, -0.05) is 178 Å². The van der Waals surface area contributed by atoms with Crippen LogP contribution in [0.5, 0.6) is 0 Å². The second-order valence-electron chi connectivity index (χ2n) is 13.6. The number of rotatable bonds is 36. The predicted molar refractivity (Wildman–Crippen MR) is 206 cm³/mol. The van der Waals surface area contributed by atoms with Crippen molar-refractivity contribution in [2.75, 3.05) is 13.2 Å². The van der Waals surface area contributed by atoms with Gasteiger partial charge in [-0.05, 0) is 44.9 Å². The van der Waals surface area contributed by atoms with Gasteiger partial charge in [0.2, 0.25) is 0 Å². The van der Waals surface area contributed by atoms with E-state index in [0.29, 0.717) is 19.3 Å². The fourth-order valence-corrected chi connectivity index (χ4v) is 5.54. The summed E-state index contributed by atoms with van der Waals surface area (Å²) < 4.78 is 10.2. The van der Waals surface area contributed by atoms with Crippen LogP contribution in [0.3, 0.4) is 0 Å². The molecule has 0 amide bonds. The van der Waals surface area contributed by atoms with Crippen LogP contribution in [0.1, 0.15) is 187 Å². The summed E-state index contributed by atoms with van der Waals surface area (Å²) in [4.78, 5) is 24.0. The molecule has 0 spiro atoms. The van der Waals surface area contributed by atoms with Crippen molar-refractivity contribution in [3.8, 4) is 0 Å². The Morgan fingerprint density at radius 1 is 0.510 bits per heavy atom. The lowest BCUT2D eigenvalue weighted by Crippen LogP contribution is -2.25. The molecule has 0 aliphatic rings. The van der Waals surface area contributed by atoms with Crippen LogP contribution >= 0.6 is 0 Å². The molecule has 0 radical (unpaired) electrons. The number of aliphatic hydroxyl groups is 2. The molecule has 284 valence electrons.